The second-order valence-electron chi connectivity index (χ2n) is 5.27. The molecule has 3 aromatic rings. The van der Waals surface area contributed by atoms with Gasteiger partial charge >= 0.3 is 5.69 Å². The molecule has 1 aromatic carbocycles. The van der Waals surface area contributed by atoms with Gasteiger partial charge in [0.2, 0.25) is 5.28 Å². The normalized spacial score (nSPS) is 11.3. The zero-order valence-electron chi connectivity index (χ0n) is 12.5. The molecule has 114 valence electrons. The van der Waals surface area contributed by atoms with Crippen LogP contribution in [0, 0.1) is 6.92 Å². The molecular weight excluding hydrogens is 304 g/mol. The van der Waals surface area contributed by atoms with E-state index in [2.05, 4.69) is 4.98 Å². The van der Waals surface area contributed by atoms with Gasteiger partial charge in [0.15, 0.2) is 11.2 Å². The summed E-state index contributed by atoms with van der Waals surface area (Å²) in [5, 5.41) is 0.191. The largest absolute Gasteiger partial charge is 0.332 e. The van der Waals surface area contributed by atoms with Gasteiger partial charge in [0, 0.05) is 14.1 Å². The first kappa shape index (κ1) is 14.6. The van der Waals surface area contributed by atoms with Gasteiger partial charge in [0.05, 0.1) is 6.54 Å². The van der Waals surface area contributed by atoms with Gasteiger partial charge in [-0.25, -0.2) is 4.79 Å². The van der Waals surface area contributed by atoms with Crippen molar-refractivity contribution in [3.8, 4) is 0 Å². The zero-order valence-corrected chi connectivity index (χ0v) is 13.3. The SMILES string of the molecule is Cc1ccccc1Cn1c(Cl)nc2c1c(=O)n(C)c(=O)n2C. The molecule has 0 aliphatic heterocycles. The van der Waals surface area contributed by atoms with Crippen LogP contribution in [-0.2, 0) is 20.6 Å². The van der Waals surface area contributed by atoms with Crippen molar-refractivity contribution in [1.82, 2.24) is 18.7 Å². The highest BCUT2D eigenvalue weighted by Crippen LogP contribution is 2.19. The third kappa shape index (κ3) is 2.07. The number of aromatic nitrogens is 4. The van der Waals surface area contributed by atoms with Crippen molar-refractivity contribution in [3.63, 3.8) is 0 Å². The van der Waals surface area contributed by atoms with E-state index in [1.54, 1.807) is 11.6 Å². The molecule has 0 aliphatic carbocycles. The second kappa shape index (κ2) is 5.14. The fourth-order valence-corrected chi connectivity index (χ4v) is 2.75. The quantitative estimate of drug-likeness (QED) is 0.672. The highest BCUT2D eigenvalue weighted by atomic mass is 35.5. The summed E-state index contributed by atoms with van der Waals surface area (Å²) < 4.78 is 4.03. The molecule has 3 rings (SSSR count). The number of benzene rings is 1. The molecule has 2 heterocycles. The second-order valence-corrected chi connectivity index (χ2v) is 5.61. The standard InChI is InChI=1S/C15H15ClN4O2/c1-9-6-4-5-7-10(9)8-20-11-12(17-14(20)16)18(2)15(22)19(3)13(11)21/h4-7H,8H2,1-3H3. The van der Waals surface area contributed by atoms with Crippen LogP contribution in [0.3, 0.4) is 0 Å². The first-order valence-corrected chi connectivity index (χ1v) is 7.16. The highest BCUT2D eigenvalue weighted by molar-refractivity contribution is 6.29. The van der Waals surface area contributed by atoms with E-state index in [0.29, 0.717) is 17.7 Å². The van der Waals surface area contributed by atoms with Crippen LogP contribution in [0.4, 0.5) is 0 Å². The van der Waals surface area contributed by atoms with E-state index in [1.807, 2.05) is 31.2 Å². The van der Waals surface area contributed by atoms with Crippen LogP contribution in [0.1, 0.15) is 11.1 Å². The Morgan fingerprint density at radius 3 is 2.50 bits per heavy atom. The molecule has 7 heteroatoms. The molecule has 0 atom stereocenters. The molecule has 0 fully saturated rings. The summed E-state index contributed by atoms with van der Waals surface area (Å²) >= 11 is 6.21. The van der Waals surface area contributed by atoms with Gasteiger partial charge in [-0.05, 0) is 29.7 Å². The zero-order chi connectivity index (χ0) is 16.0. The van der Waals surface area contributed by atoms with Gasteiger partial charge in [0.1, 0.15) is 0 Å². The number of rotatable bonds is 2. The number of fused-ring (bicyclic) bond motifs is 1. The van der Waals surface area contributed by atoms with Gasteiger partial charge in [-0.1, -0.05) is 24.3 Å². The molecule has 0 unspecified atom stereocenters. The Kier molecular flexibility index (Phi) is 3.41. The molecule has 6 nitrogen and oxygen atoms in total. The lowest BCUT2D eigenvalue weighted by atomic mass is 10.1. The van der Waals surface area contributed by atoms with Crippen molar-refractivity contribution in [2.45, 2.75) is 13.5 Å². The molecule has 0 spiro atoms. The summed E-state index contributed by atoms with van der Waals surface area (Å²) in [5.41, 5.74) is 1.95. The predicted octanol–water partition coefficient (Wildman–Crippen LogP) is 1.44. The summed E-state index contributed by atoms with van der Waals surface area (Å²) in [7, 11) is 3.02. The minimum absolute atomic E-state index is 0.191. The van der Waals surface area contributed by atoms with Crippen molar-refractivity contribution in [3.05, 3.63) is 61.5 Å². The maximum atomic E-state index is 12.4. The molecule has 0 amide bonds. The predicted molar refractivity (Wildman–Crippen MR) is 85.5 cm³/mol. The van der Waals surface area contributed by atoms with Gasteiger partial charge in [-0.15, -0.1) is 0 Å². The maximum Gasteiger partial charge on any atom is 0.332 e. The topological polar surface area (TPSA) is 61.8 Å². The summed E-state index contributed by atoms with van der Waals surface area (Å²) in [6, 6.07) is 7.86. The van der Waals surface area contributed by atoms with Crippen molar-refractivity contribution >= 4 is 22.8 Å². The van der Waals surface area contributed by atoms with E-state index in [9.17, 15) is 9.59 Å². The lowest BCUT2D eigenvalue weighted by molar-refractivity contribution is 0.702. The molecular formula is C15H15ClN4O2. The first-order valence-electron chi connectivity index (χ1n) is 6.78. The van der Waals surface area contributed by atoms with Crippen molar-refractivity contribution in [1.29, 1.82) is 0 Å². The molecule has 0 saturated heterocycles. The van der Waals surface area contributed by atoms with Crippen LogP contribution in [0.2, 0.25) is 5.28 Å². The summed E-state index contributed by atoms with van der Waals surface area (Å²) in [6.45, 7) is 2.42. The Hall–Kier alpha value is -2.34. The molecule has 0 bridgehead atoms. The van der Waals surface area contributed by atoms with E-state index in [-0.39, 0.29) is 5.28 Å². The molecule has 0 radical (unpaired) electrons. The summed E-state index contributed by atoms with van der Waals surface area (Å²) in [5.74, 6) is 0. The number of nitrogens with zero attached hydrogens (tertiary/aromatic N) is 4. The van der Waals surface area contributed by atoms with Gasteiger partial charge < -0.3 is 4.57 Å². The summed E-state index contributed by atoms with van der Waals surface area (Å²) in [6.07, 6.45) is 0. The van der Waals surface area contributed by atoms with E-state index < -0.39 is 11.2 Å². The molecule has 22 heavy (non-hydrogen) atoms. The van der Waals surface area contributed by atoms with Crippen molar-refractivity contribution in [2.24, 2.45) is 14.1 Å². The van der Waals surface area contributed by atoms with Crippen molar-refractivity contribution < 1.29 is 0 Å². The Labute approximate surface area is 131 Å². The van der Waals surface area contributed by atoms with Crippen LogP contribution in [-0.4, -0.2) is 18.7 Å². The van der Waals surface area contributed by atoms with Crippen LogP contribution in [0.25, 0.3) is 11.2 Å². The van der Waals surface area contributed by atoms with E-state index in [1.165, 1.54) is 11.6 Å². The Bertz CT molecular complexity index is 997. The van der Waals surface area contributed by atoms with E-state index >= 15 is 0 Å². The fourth-order valence-electron chi connectivity index (χ4n) is 2.52. The lowest BCUT2D eigenvalue weighted by Crippen LogP contribution is -2.37. The molecule has 2 aromatic heterocycles. The lowest BCUT2D eigenvalue weighted by Gasteiger charge is -2.09. The Morgan fingerprint density at radius 2 is 1.82 bits per heavy atom. The smallest absolute Gasteiger partial charge is 0.304 e. The fraction of sp³-hybridized carbons (Fsp3) is 0.267. The Morgan fingerprint density at radius 1 is 1.14 bits per heavy atom. The van der Waals surface area contributed by atoms with Gasteiger partial charge in [0.25, 0.3) is 5.56 Å². The number of hydrogen-bond donors (Lipinski definition) is 0. The maximum absolute atomic E-state index is 12.4. The molecule has 0 aliphatic rings. The number of aryl methyl sites for hydroxylation is 2. The van der Waals surface area contributed by atoms with Crippen molar-refractivity contribution in [2.75, 3.05) is 0 Å². The van der Waals surface area contributed by atoms with Gasteiger partial charge in [-0.2, -0.15) is 4.98 Å². The minimum atomic E-state index is -0.422. The Balaban J connectivity index is 2.32. The number of halogens is 1. The third-order valence-corrected chi connectivity index (χ3v) is 4.18. The van der Waals surface area contributed by atoms with Crippen LogP contribution >= 0.6 is 11.6 Å². The molecule has 0 N–H and O–H groups in total. The monoisotopic (exact) mass is 318 g/mol. The average molecular weight is 319 g/mol. The van der Waals surface area contributed by atoms with E-state index in [0.717, 1.165) is 15.7 Å². The number of imidazole rings is 1. The van der Waals surface area contributed by atoms with E-state index in [4.69, 9.17) is 11.6 Å². The minimum Gasteiger partial charge on any atom is -0.304 e. The van der Waals surface area contributed by atoms with Crippen LogP contribution in [0.5, 0.6) is 0 Å². The third-order valence-electron chi connectivity index (χ3n) is 3.89. The van der Waals surface area contributed by atoms with Crippen LogP contribution in [0.15, 0.2) is 33.9 Å². The number of hydrogen-bond acceptors (Lipinski definition) is 3. The molecule has 0 saturated carbocycles. The van der Waals surface area contributed by atoms with Gasteiger partial charge in [-0.3, -0.25) is 13.9 Å². The average Bonchev–Trinajstić information content (AvgIpc) is 2.82. The highest BCUT2D eigenvalue weighted by Gasteiger charge is 2.18. The first-order chi connectivity index (χ1) is 10.4. The summed E-state index contributed by atoms with van der Waals surface area (Å²) in [4.78, 5) is 28.6. The van der Waals surface area contributed by atoms with Crippen LogP contribution < -0.4 is 11.2 Å².